The summed E-state index contributed by atoms with van der Waals surface area (Å²) in [5.74, 6) is 0. The summed E-state index contributed by atoms with van der Waals surface area (Å²) in [5.41, 5.74) is 0.750. The molecule has 3 nitrogen and oxygen atoms in total. The number of aromatic amines is 1. The number of rotatable bonds is 1. The minimum absolute atomic E-state index is 0.136. The Balaban J connectivity index is 2.41. The molecule has 1 N–H and O–H groups in total. The van der Waals surface area contributed by atoms with Crippen molar-refractivity contribution in [2.24, 2.45) is 0 Å². The molecule has 0 atom stereocenters. The van der Waals surface area contributed by atoms with Gasteiger partial charge in [0.15, 0.2) is 0 Å². The Morgan fingerprint density at radius 2 is 2.25 bits per heavy atom. The monoisotopic (exact) mass is 268 g/mol. The van der Waals surface area contributed by atoms with E-state index >= 15 is 0 Å². The van der Waals surface area contributed by atoms with Gasteiger partial charge in [0.1, 0.15) is 4.83 Å². The number of halogens is 1. The zero-order chi connectivity index (χ0) is 11.1. The Morgan fingerprint density at radius 3 is 3.00 bits per heavy atom. The summed E-state index contributed by atoms with van der Waals surface area (Å²) in [4.78, 5) is 20.2. The molecule has 0 unspecified atom stereocenters. The second-order valence-electron chi connectivity index (χ2n) is 3.16. The van der Waals surface area contributed by atoms with Crippen LogP contribution < -0.4 is 5.56 Å². The average molecular weight is 269 g/mol. The van der Waals surface area contributed by atoms with Gasteiger partial charge in [0.05, 0.1) is 5.39 Å². The summed E-state index contributed by atoms with van der Waals surface area (Å²) in [6, 6.07) is 3.95. The third kappa shape index (κ3) is 1.48. The van der Waals surface area contributed by atoms with Crippen LogP contribution in [-0.4, -0.2) is 9.97 Å². The minimum Gasteiger partial charge on any atom is -0.297 e. The fraction of sp³-hybridized carbons (Fsp3) is 0. The molecule has 6 heteroatoms. The smallest absolute Gasteiger partial charge is 0.261 e. The second kappa shape index (κ2) is 3.69. The van der Waals surface area contributed by atoms with Crippen LogP contribution in [0, 0.1) is 0 Å². The maximum absolute atomic E-state index is 11.8. The van der Waals surface area contributed by atoms with E-state index in [2.05, 4.69) is 9.97 Å². The summed E-state index contributed by atoms with van der Waals surface area (Å²) in [7, 11) is 0. The molecule has 3 aromatic heterocycles. The van der Waals surface area contributed by atoms with Gasteiger partial charge in [-0.1, -0.05) is 6.07 Å². The molecule has 0 saturated heterocycles. The molecular formula is C10H5ClN2OS2. The SMILES string of the molecule is O=c1[nH]c(Cl)nc2scc(-c3cccs3)c12. The van der Waals surface area contributed by atoms with Gasteiger partial charge in [0, 0.05) is 15.8 Å². The van der Waals surface area contributed by atoms with Crippen LogP contribution >= 0.6 is 34.3 Å². The van der Waals surface area contributed by atoms with Crippen molar-refractivity contribution in [2.75, 3.05) is 0 Å². The van der Waals surface area contributed by atoms with Crippen molar-refractivity contribution in [1.29, 1.82) is 0 Å². The molecule has 0 aliphatic heterocycles. The van der Waals surface area contributed by atoms with Crippen LogP contribution in [0.1, 0.15) is 0 Å². The Morgan fingerprint density at radius 1 is 1.38 bits per heavy atom. The van der Waals surface area contributed by atoms with Crippen LogP contribution in [0.25, 0.3) is 20.7 Å². The normalized spacial score (nSPS) is 11.1. The van der Waals surface area contributed by atoms with Crippen molar-refractivity contribution in [2.45, 2.75) is 0 Å². The van der Waals surface area contributed by atoms with E-state index in [-0.39, 0.29) is 10.8 Å². The number of nitrogens with one attached hydrogen (secondary N) is 1. The van der Waals surface area contributed by atoms with Crippen molar-refractivity contribution < 1.29 is 0 Å². The number of thiophene rings is 2. The Labute approximate surface area is 103 Å². The first-order valence-corrected chi connectivity index (χ1v) is 6.60. The van der Waals surface area contributed by atoms with Gasteiger partial charge in [-0.3, -0.25) is 9.78 Å². The van der Waals surface area contributed by atoms with Crippen molar-refractivity contribution in [3.8, 4) is 10.4 Å². The summed E-state index contributed by atoms with van der Waals surface area (Å²) in [6.07, 6.45) is 0. The van der Waals surface area contributed by atoms with E-state index in [1.165, 1.54) is 11.3 Å². The maximum atomic E-state index is 11.8. The highest BCUT2D eigenvalue weighted by atomic mass is 35.5. The molecule has 80 valence electrons. The lowest BCUT2D eigenvalue weighted by atomic mass is 10.2. The van der Waals surface area contributed by atoms with Crippen molar-refractivity contribution in [3.05, 3.63) is 38.5 Å². The molecule has 0 fully saturated rings. The van der Waals surface area contributed by atoms with Crippen LogP contribution in [-0.2, 0) is 0 Å². The number of aromatic nitrogens is 2. The Bertz CT molecular complexity index is 699. The lowest BCUT2D eigenvalue weighted by Crippen LogP contribution is -2.06. The van der Waals surface area contributed by atoms with E-state index in [9.17, 15) is 4.79 Å². The van der Waals surface area contributed by atoms with Gasteiger partial charge in [-0.2, -0.15) is 0 Å². The first kappa shape index (κ1) is 10.0. The van der Waals surface area contributed by atoms with E-state index in [0.717, 1.165) is 10.4 Å². The summed E-state index contributed by atoms with van der Waals surface area (Å²) in [6.45, 7) is 0. The predicted molar refractivity (Wildman–Crippen MR) is 68.6 cm³/mol. The molecule has 0 spiro atoms. The lowest BCUT2D eigenvalue weighted by molar-refractivity contribution is 1.18. The number of hydrogen-bond donors (Lipinski definition) is 1. The largest absolute Gasteiger partial charge is 0.297 e. The predicted octanol–water partition coefficient (Wildman–Crippen LogP) is 3.37. The molecule has 0 radical (unpaired) electrons. The van der Waals surface area contributed by atoms with Gasteiger partial charge in [0.2, 0.25) is 5.28 Å². The standard InChI is InChI=1S/C10H5ClN2OS2/c11-10-12-8(14)7-5(4-16-9(7)13-10)6-2-1-3-15-6/h1-4H,(H,12,13,14). The zero-order valence-electron chi connectivity index (χ0n) is 7.86. The third-order valence-corrected chi connectivity index (χ3v) is 4.16. The van der Waals surface area contributed by atoms with Crippen LogP contribution in [0.4, 0.5) is 0 Å². The summed E-state index contributed by atoms with van der Waals surface area (Å²) in [5, 5.41) is 4.68. The van der Waals surface area contributed by atoms with Crippen LogP contribution in [0.5, 0.6) is 0 Å². The number of H-pyrrole nitrogens is 1. The summed E-state index contributed by atoms with van der Waals surface area (Å²) < 4.78 is 0. The lowest BCUT2D eigenvalue weighted by Gasteiger charge is -1.94. The van der Waals surface area contributed by atoms with E-state index < -0.39 is 0 Å². The molecular weight excluding hydrogens is 264 g/mol. The quantitative estimate of drug-likeness (QED) is 0.688. The fourth-order valence-corrected chi connectivity index (χ4v) is 3.52. The average Bonchev–Trinajstić information content (AvgIpc) is 2.82. The molecule has 3 aromatic rings. The molecule has 3 rings (SSSR count). The summed E-state index contributed by atoms with van der Waals surface area (Å²) >= 11 is 8.73. The van der Waals surface area contributed by atoms with Gasteiger partial charge >= 0.3 is 0 Å². The molecule has 3 heterocycles. The first-order valence-electron chi connectivity index (χ1n) is 4.46. The van der Waals surface area contributed by atoms with Crippen LogP contribution in [0.2, 0.25) is 5.28 Å². The first-order chi connectivity index (χ1) is 7.75. The topological polar surface area (TPSA) is 45.8 Å². The van der Waals surface area contributed by atoms with E-state index in [4.69, 9.17) is 11.6 Å². The van der Waals surface area contributed by atoms with Crippen molar-refractivity contribution >= 4 is 44.5 Å². The van der Waals surface area contributed by atoms with E-state index in [0.29, 0.717) is 10.2 Å². The van der Waals surface area contributed by atoms with Crippen LogP contribution in [0.3, 0.4) is 0 Å². The number of hydrogen-bond acceptors (Lipinski definition) is 4. The highest BCUT2D eigenvalue weighted by Gasteiger charge is 2.12. The van der Waals surface area contributed by atoms with Crippen LogP contribution in [0.15, 0.2) is 27.7 Å². The van der Waals surface area contributed by atoms with Crippen molar-refractivity contribution in [3.63, 3.8) is 0 Å². The van der Waals surface area contributed by atoms with Gasteiger partial charge in [0.25, 0.3) is 5.56 Å². The zero-order valence-corrected chi connectivity index (χ0v) is 10.2. The van der Waals surface area contributed by atoms with Gasteiger partial charge in [-0.25, -0.2) is 4.98 Å². The highest BCUT2D eigenvalue weighted by molar-refractivity contribution is 7.18. The van der Waals surface area contributed by atoms with Crippen molar-refractivity contribution in [1.82, 2.24) is 9.97 Å². The molecule has 0 bridgehead atoms. The maximum Gasteiger partial charge on any atom is 0.261 e. The number of fused-ring (bicyclic) bond motifs is 1. The molecule has 0 amide bonds. The molecule has 0 saturated carbocycles. The van der Waals surface area contributed by atoms with Gasteiger partial charge in [-0.15, -0.1) is 22.7 Å². The molecule has 16 heavy (non-hydrogen) atoms. The minimum atomic E-state index is -0.181. The fourth-order valence-electron chi connectivity index (χ4n) is 1.54. The van der Waals surface area contributed by atoms with E-state index in [1.807, 2.05) is 22.9 Å². The molecule has 0 aromatic carbocycles. The second-order valence-corrected chi connectivity index (χ2v) is 5.33. The Kier molecular flexibility index (Phi) is 2.31. The van der Waals surface area contributed by atoms with Gasteiger partial charge in [-0.05, 0) is 23.0 Å². The Hall–Kier alpha value is -1.17. The number of nitrogens with zero attached hydrogens (tertiary/aromatic N) is 1. The van der Waals surface area contributed by atoms with E-state index in [1.54, 1.807) is 11.3 Å². The highest BCUT2D eigenvalue weighted by Crippen LogP contribution is 2.33. The molecule has 0 aliphatic carbocycles. The molecule has 0 aliphatic rings. The third-order valence-electron chi connectivity index (χ3n) is 2.20. The van der Waals surface area contributed by atoms with Gasteiger partial charge < -0.3 is 0 Å².